The van der Waals surface area contributed by atoms with Crippen LogP contribution in [0.5, 0.6) is 5.75 Å². The zero-order chi connectivity index (χ0) is 29.5. The van der Waals surface area contributed by atoms with Crippen molar-refractivity contribution in [3.63, 3.8) is 0 Å². The van der Waals surface area contributed by atoms with Crippen LogP contribution in [0.15, 0.2) is 152 Å². The van der Waals surface area contributed by atoms with E-state index in [1.807, 2.05) is 60.8 Å². The molecule has 0 bridgehead atoms. The topological polar surface area (TPSA) is 50.9 Å². The van der Waals surface area contributed by atoms with Gasteiger partial charge in [-0.1, -0.05) is 103 Å². The van der Waals surface area contributed by atoms with Crippen LogP contribution in [0, 0.1) is 6.07 Å². The fourth-order valence-corrected chi connectivity index (χ4v) is 5.94. The summed E-state index contributed by atoms with van der Waals surface area (Å²) in [7, 11) is 0. The largest absolute Gasteiger partial charge is 0.507 e. The maximum atomic E-state index is 10.8. The fourth-order valence-electron chi connectivity index (χ4n) is 5.94. The Balaban J connectivity index is 0.00000325. The van der Waals surface area contributed by atoms with Gasteiger partial charge in [0, 0.05) is 43.6 Å². The number of benzene rings is 5. The quantitative estimate of drug-likeness (QED) is 0.178. The number of phenols is 1. The van der Waals surface area contributed by atoms with E-state index in [0.29, 0.717) is 11.3 Å². The number of aromatic nitrogens is 3. The second-order valence-electron chi connectivity index (χ2n) is 10.8. The molecule has 3 aromatic heterocycles. The molecule has 3 heterocycles. The second-order valence-corrected chi connectivity index (χ2v) is 10.8. The summed E-state index contributed by atoms with van der Waals surface area (Å²) in [5.41, 5.74) is 10.0. The molecule has 0 aliphatic heterocycles. The van der Waals surface area contributed by atoms with E-state index in [4.69, 9.17) is 9.97 Å². The van der Waals surface area contributed by atoms with Crippen molar-refractivity contribution in [2.24, 2.45) is 0 Å². The number of hydrogen-bond donors (Lipinski definition) is 1. The van der Waals surface area contributed by atoms with Gasteiger partial charge in [-0.05, 0) is 64.5 Å². The molecule has 1 N–H and O–H groups in total. The minimum atomic E-state index is 0. The van der Waals surface area contributed by atoms with Crippen LogP contribution in [0.4, 0.5) is 0 Å². The normalized spacial score (nSPS) is 11.0. The van der Waals surface area contributed by atoms with Crippen LogP contribution in [0.1, 0.15) is 0 Å². The van der Waals surface area contributed by atoms with E-state index in [9.17, 15) is 5.11 Å². The van der Waals surface area contributed by atoms with Crippen LogP contribution >= 0.6 is 0 Å². The average Bonchev–Trinajstić information content (AvgIpc) is 3.43. The molecule has 0 saturated heterocycles. The summed E-state index contributed by atoms with van der Waals surface area (Å²) in [5.74, 6) is 0.190. The average molecular weight is 760 g/mol. The molecular formula is C40H26N3OPt-. The van der Waals surface area contributed by atoms with E-state index in [1.54, 1.807) is 6.07 Å². The number of fused-ring (bicyclic) bond motifs is 3. The summed E-state index contributed by atoms with van der Waals surface area (Å²) in [5, 5.41) is 13.0. The minimum absolute atomic E-state index is 0. The molecule has 0 spiro atoms. The maximum absolute atomic E-state index is 10.8. The number of aromatic hydroxyl groups is 1. The molecule has 218 valence electrons. The molecule has 0 unspecified atom stereocenters. The van der Waals surface area contributed by atoms with Gasteiger partial charge in [0.1, 0.15) is 11.4 Å². The summed E-state index contributed by atoms with van der Waals surface area (Å²) in [6, 6.07) is 52.6. The molecule has 8 aromatic rings. The van der Waals surface area contributed by atoms with Crippen molar-refractivity contribution in [2.45, 2.75) is 0 Å². The van der Waals surface area contributed by atoms with Crippen LogP contribution < -0.4 is 0 Å². The third kappa shape index (κ3) is 5.24. The number of nitrogens with zero attached hydrogens (tertiary/aromatic N) is 3. The summed E-state index contributed by atoms with van der Waals surface area (Å²) in [6.45, 7) is 0. The Hall–Kier alpha value is -5.31. The van der Waals surface area contributed by atoms with Crippen LogP contribution in [0.25, 0.3) is 72.4 Å². The molecule has 4 nitrogen and oxygen atoms in total. The Morgan fingerprint density at radius 3 is 1.93 bits per heavy atom. The molecule has 0 saturated carbocycles. The standard InChI is InChI=1S/C40H26N3O.Pt/c44-39-20-10-8-17-35(39)37-26-30(28-14-5-2-6-15-28)25-36(42-37)31-22-29(27-12-3-1-4-13-27)23-32(24-31)43-38-19-9-7-16-33(38)34-18-11-21-41-40(34)43;/h1-23,25-26,44H;/q-1;. The first kappa shape index (κ1) is 28.5. The second kappa shape index (κ2) is 12.0. The van der Waals surface area contributed by atoms with E-state index in [1.165, 1.54) is 0 Å². The molecular weight excluding hydrogens is 734 g/mol. The predicted molar refractivity (Wildman–Crippen MR) is 179 cm³/mol. The monoisotopic (exact) mass is 759 g/mol. The predicted octanol–water partition coefficient (Wildman–Crippen LogP) is 9.74. The third-order valence-electron chi connectivity index (χ3n) is 8.02. The van der Waals surface area contributed by atoms with Gasteiger partial charge in [0.2, 0.25) is 0 Å². The molecule has 45 heavy (non-hydrogen) atoms. The van der Waals surface area contributed by atoms with Crippen molar-refractivity contribution in [3.8, 4) is 56.2 Å². The van der Waals surface area contributed by atoms with Gasteiger partial charge in [0.25, 0.3) is 0 Å². The molecule has 0 amide bonds. The fraction of sp³-hybridized carbons (Fsp3) is 0. The Labute approximate surface area is 275 Å². The smallest absolute Gasteiger partial charge is 0.144 e. The molecule has 8 rings (SSSR count). The zero-order valence-electron chi connectivity index (χ0n) is 24.0. The Morgan fingerprint density at radius 2 is 1.18 bits per heavy atom. The zero-order valence-corrected chi connectivity index (χ0v) is 26.3. The van der Waals surface area contributed by atoms with Crippen molar-refractivity contribution < 1.29 is 26.2 Å². The maximum Gasteiger partial charge on any atom is 0.144 e. The first-order valence-electron chi connectivity index (χ1n) is 14.6. The van der Waals surface area contributed by atoms with E-state index < -0.39 is 0 Å². The summed E-state index contributed by atoms with van der Waals surface area (Å²) < 4.78 is 2.19. The Morgan fingerprint density at radius 1 is 0.556 bits per heavy atom. The molecule has 5 heteroatoms. The van der Waals surface area contributed by atoms with Gasteiger partial charge in [0.05, 0.1) is 11.2 Å². The van der Waals surface area contributed by atoms with Crippen molar-refractivity contribution in [1.82, 2.24) is 14.5 Å². The molecule has 0 aliphatic rings. The molecule has 0 fully saturated rings. The van der Waals surface area contributed by atoms with Crippen molar-refractivity contribution in [1.29, 1.82) is 0 Å². The van der Waals surface area contributed by atoms with Gasteiger partial charge >= 0.3 is 0 Å². The van der Waals surface area contributed by atoms with E-state index in [2.05, 4.69) is 95.6 Å². The minimum Gasteiger partial charge on any atom is -0.507 e. The molecule has 5 aromatic carbocycles. The van der Waals surface area contributed by atoms with Gasteiger partial charge < -0.3 is 9.67 Å². The van der Waals surface area contributed by atoms with Gasteiger partial charge in [0.15, 0.2) is 0 Å². The Bertz CT molecular complexity index is 2240. The van der Waals surface area contributed by atoms with Gasteiger partial charge in [-0.3, -0.25) is 4.98 Å². The van der Waals surface area contributed by atoms with Crippen LogP contribution in [0.3, 0.4) is 0 Å². The number of hydrogen-bond acceptors (Lipinski definition) is 3. The van der Waals surface area contributed by atoms with Gasteiger partial charge in [-0.15, -0.1) is 23.8 Å². The van der Waals surface area contributed by atoms with Crippen LogP contribution in [-0.2, 0) is 21.1 Å². The summed E-state index contributed by atoms with van der Waals surface area (Å²) in [6.07, 6.45) is 1.84. The van der Waals surface area contributed by atoms with Crippen LogP contribution in [0.2, 0.25) is 0 Å². The van der Waals surface area contributed by atoms with Gasteiger partial charge in [-0.25, -0.2) is 4.98 Å². The molecule has 0 atom stereocenters. The van der Waals surface area contributed by atoms with E-state index in [-0.39, 0.29) is 26.8 Å². The number of para-hydroxylation sites is 2. The number of rotatable bonds is 5. The van der Waals surface area contributed by atoms with E-state index in [0.717, 1.165) is 61.1 Å². The van der Waals surface area contributed by atoms with Crippen molar-refractivity contribution in [2.75, 3.05) is 0 Å². The first-order chi connectivity index (χ1) is 21.7. The van der Waals surface area contributed by atoms with Crippen LogP contribution in [-0.4, -0.2) is 19.6 Å². The first-order valence-corrected chi connectivity index (χ1v) is 14.6. The summed E-state index contributed by atoms with van der Waals surface area (Å²) >= 11 is 0. The van der Waals surface area contributed by atoms with Crippen molar-refractivity contribution in [3.05, 3.63) is 158 Å². The van der Waals surface area contributed by atoms with Gasteiger partial charge in [-0.2, -0.15) is 0 Å². The summed E-state index contributed by atoms with van der Waals surface area (Å²) in [4.78, 5) is 9.94. The molecule has 0 aliphatic carbocycles. The number of pyridine rings is 2. The SMILES string of the molecule is Oc1ccccc1-c1cc(-c2ccccc2)cc(-c2[c-]c(-n3c4ccccc4c4cccnc43)cc(-c3ccccc3)c2)n1.[Pt]. The molecule has 0 radical (unpaired) electrons. The number of phenolic OH excluding ortho intramolecular Hbond substituents is 1. The van der Waals surface area contributed by atoms with Crippen molar-refractivity contribution >= 4 is 21.9 Å². The Kier molecular flexibility index (Phi) is 7.59. The third-order valence-corrected chi connectivity index (χ3v) is 8.02. The van der Waals surface area contributed by atoms with E-state index >= 15 is 0 Å².